The molecule has 0 fully saturated rings. The van der Waals surface area contributed by atoms with E-state index in [1.54, 1.807) is 6.07 Å². The lowest BCUT2D eigenvalue weighted by Gasteiger charge is -2.00. The fraction of sp³-hybridized carbons (Fsp3) is 0.462. The summed E-state index contributed by atoms with van der Waals surface area (Å²) in [5, 5.41) is 10.4. The molecule has 0 spiro atoms. The van der Waals surface area contributed by atoms with Crippen molar-refractivity contribution < 1.29 is 4.79 Å². The molecular weight excluding hydrogens is 214 g/mol. The molecule has 90 valence electrons. The Morgan fingerprint density at radius 2 is 2.18 bits per heavy atom. The summed E-state index contributed by atoms with van der Waals surface area (Å²) < 4.78 is 0. The van der Waals surface area contributed by atoms with E-state index in [1.807, 2.05) is 12.1 Å². The van der Waals surface area contributed by atoms with Gasteiger partial charge in [-0.3, -0.25) is 9.89 Å². The van der Waals surface area contributed by atoms with Gasteiger partial charge in [0, 0.05) is 12.0 Å². The van der Waals surface area contributed by atoms with Crippen LogP contribution >= 0.6 is 0 Å². The Bertz CT molecular complexity index is 504. The normalized spacial score (nSPS) is 10.9. The highest BCUT2D eigenvalue weighted by Gasteiger charge is 2.07. The maximum atomic E-state index is 11.9. The van der Waals surface area contributed by atoms with E-state index in [9.17, 15) is 4.79 Å². The molecule has 0 aliphatic rings. The minimum atomic E-state index is 0.200. The maximum absolute atomic E-state index is 11.9. The molecule has 1 aromatic carbocycles. The first-order chi connectivity index (χ1) is 8.31. The van der Waals surface area contributed by atoms with Gasteiger partial charge in [-0.15, -0.1) is 5.10 Å². The van der Waals surface area contributed by atoms with Crippen LogP contribution in [0.5, 0.6) is 0 Å². The van der Waals surface area contributed by atoms with Crippen molar-refractivity contribution in [2.45, 2.75) is 39.0 Å². The summed E-state index contributed by atoms with van der Waals surface area (Å²) >= 11 is 0. The van der Waals surface area contributed by atoms with Crippen LogP contribution in [0.25, 0.3) is 11.0 Å². The van der Waals surface area contributed by atoms with Crippen LogP contribution in [-0.4, -0.2) is 21.2 Å². The summed E-state index contributed by atoms with van der Waals surface area (Å²) in [5.74, 6) is 0.200. The third-order valence-electron chi connectivity index (χ3n) is 2.91. The highest BCUT2D eigenvalue weighted by molar-refractivity contribution is 5.98. The Hall–Kier alpha value is -1.71. The zero-order chi connectivity index (χ0) is 12.1. The monoisotopic (exact) mass is 231 g/mol. The van der Waals surface area contributed by atoms with Crippen molar-refractivity contribution in [3.63, 3.8) is 0 Å². The number of carbonyl (C=O) groups is 1. The summed E-state index contributed by atoms with van der Waals surface area (Å²) in [5.41, 5.74) is 2.36. The molecule has 0 saturated carbocycles. The number of unbranched alkanes of at least 4 members (excludes halogenated alkanes) is 3. The summed E-state index contributed by atoms with van der Waals surface area (Å²) in [6, 6.07) is 5.50. The van der Waals surface area contributed by atoms with Crippen LogP contribution in [-0.2, 0) is 0 Å². The van der Waals surface area contributed by atoms with Crippen molar-refractivity contribution in [2.24, 2.45) is 0 Å². The van der Waals surface area contributed by atoms with Crippen LogP contribution in [0.15, 0.2) is 18.2 Å². The quantitative estimate of drug-likeness (QED) is 0.613. The largest absolute Gasteiger partial charge is 0.294 e. The molecule has 0 radical (unpaired) electrons. The Morgan fingerprint density at radius 3 is 3.00 bits per heavy atom. The van der Waals surface area contributed by atoms with Gasteiger partial charge in [-0.05, 0) is 24.6 Å². The molecule has 0 saturated heterocycles. The van der Waals surface area contributed by atoms with Gasteiger partial charge in [0.25, 0.3) is 0 Å². The van der Waals surface area contributed by atoms with Crippen molar-refractivity contribution in [1.82, 2.24) is 15.4 Å². The summed E-state index contributed by atoms with van der Waals surface area (Å²) in [4.78, 5) is 11.9. The Morgan fingerprint density at radius 1 is 1.29 bits per heavy atom. The van der Waals surface area contributed by atoms with Crippen LogP contribution in [0.1, 0.15) is 49.4 Å². The Labute approximate surface area is 100 Å². The second-order valence-corrected chi connectivity index (χ2v) is 4.28. The number of rotatable bonds is 6. The molecule has 1 heterocycles. The number of Topliss-reactive ketones (excluding diaryl/α,β-unsaturated/α-hetero) is 1. The number of aromatic nitrogens is 3. The van der Waals surface area contributed by atoms with E-state index >= 15 is 0 Å². The van der Waals surface area contributed by atoms with Gasteiger partial charge in [-0.25, -0.2) is 0 Å². The van der Waals surface area contributed by atoms with Crippen LogP contribution in [0.2, 0.25) is 0 Å². The van der Waals surface area contributed by atoms with Crippen LogP contribution < -0.4 is 0 Å². The van der Waals surface area contributed by atoms with Crippen molar-refractivity contribution >= 4 is 16.8 Å². The average Bonchev–Trinajstić information content (AvgIpc) is 2.81. The minimum absolute atomic E-state index is 0.200. The third-order valence-corrected chi connectivity index (χ3v) is 2.91. The number of nitrogens with zero attached hydrogens (tertiary/aromatic N) is 2. The second kappa shape index (κ2) is 5.57. The lowest BCUT2D eigenvalue weighted by Crippen LogP contribution is -1.98. The molecule has 17 heavy (non-hydrogen) atoms. The lowest BCUT2D eigenvalue weighted by molar-refractivity contribution is 0.0979. The lowest BCUT2D eigenvalue weighted by atomic mass is 10.0. The molecule has 4 nitrogen and oxygen atoms in total. The average molecular weight is 231 g/mol. The molecule has 0 bridgehead atoms. The van der Waals surface area contributed by atoms with Crippen molar-refractivity contribution in [3.05, 3.63) is 23.8 Å². The third kappa shape index (κ3) is 2.90. The number of aromatic amines is 1. The topological polar surface area (TPSA) is 58.6 Å². The summed E-state index contributed by atoms with van der Waals surface area (Å²) in [6.07, 6.45) is 5.13. The van der Waals surface area contributed by atoms with E-state index in [1.165, 1.54) is 12.8 Å². The predicted molar refractivity (Wildman–Crippen MR) is 67.0 cm³/mol. The molecule has 2 aromatic rings. The van der Waals surface area contributed by atoms with Gasteiger partial charge in [0.2, 0.25) is 0 Å². The Balaban J connectivity index is 1.98. The van der Waals surface area contributed by atoms with E-state index in [4.69, 9.17) is 0 Å². The van der Waals surface area contributed by atoms with Gasteiger partial charge in [0.15, 0.2) is 5.78 Å². The standard InChI is InChI=1S/C13H17N3O/c1-2-3-4-5-6-13(17)10-7-8-11-12(9-10)15-16-14-11/h7-9H,2-6H2,1H3,(H,14,15,16). The molecule has 0 atom stereocenters. The molecule has 4 heteroatoms. The van der Waals surface area contributed by atoms with Crippen LogP contribution in [0, 0.1) is 0 Å². The summed E-state index contributed by atoms with van der Waals surface area (Å²) in [7, 11) is 0. The molecule has 1 N–H and O–H groups in total. The highest BCUT2D eigenvalue weighted by Crippen LogP contribution is 2.14. The maximum Gasteiger partial charge on any atom is 0.162 e. The second-order valence-electron chi connectivity index (χ2n) is 4.28. The fourth-order valence-corrected chi connectivity index (χ4v) is 1.87. The molecule has 0 aliphatic heterocycles. The predicted octanol–water partition coefficient (Wildman–Crippen LogP) is 3.11. The van der Waals surface area contributed by atoms with E-state index in [-0.39, 0.29) is 5.78 Å². The number of ketones is 1. The minimum Gasteiger partial charge on any atom is -0.294 e. The molecule has 0 unspecified atom stereocenters. The first kappa shape index (κ1) is 11.8. The van der Waals surface area contributed by atoms with E-state index < -0.39 is 0 Å². The smallest absolute Gasteiger partial charge is 0.162 e. The fourth-order valence-electron chi connectivity index (χ4n) is 1.87. The zero-order valence-electron chi connectivity index (χ0n) is 10.1. The van der Waals surface area contributed by atoms with Crippen molar-refractivity contribution in [1.29, 1.82) is 0 Å². The van der Waals surface area contributed by atoms with Crippen molar-refractivity contribution in [3.8, 4) is 0 Å². The van der Waals surface area contributed by atoms with Crippen LogP contribution in [0.3, 0.4) is 0 Å². The summed E-state index contributed by atoms with van der Waals surface area (Å²) in [6.45, 7) is 2.17. The SMILES string of the molecule is CCCCCCC(=O)c1ccc2[nH]nnc2c1. The van der Waals surface area contributed by atoms with E-state index in [0.717, 1.165) is 29.4 Å². The molecular formula is C13H17N3O. The molecule has 2 rings (SSSR count). The van der Waals surface area contributed by atoms with Gasteiger partial charge in [0.05, 0.1) is 5.52 Å². The molecule has 0 amide bonds. The van der Waals surface area contributed by atoms with Crippen LogP contribution in [0.4, 0.5) is 0 Å². The molecule has 1 aromatic heterocycles. The Kier molecular flexibility index (Phi) is 3.85. The van der Waals surface area contributed by atoms with Gasteiger partial charge >= 0.3 is 0 Å². The first-order valence-corrected chi connectivity index (χ1v) is 6.15. The van der Waals surface area contributed by atoms with E-state index in [0.29, 0.717) is 6.42 Å². The van der Waals surface area contributed by atoms with Gasteiger partial charge in [0.1, 0.15) is 5.52 Å². The number of carbonyl (C=O) groups excluding carboxylic acids is 1. The highest BCUT2D eigenvalue weighted by atomic mass is 16.1. The van der Waals surface area contributed by atoms with Gasteiger partial charge in [-0.1, -0.05) is 31.4 Å². The van der Waals surface area contributed by atoms with E-state index in [2.05, 4.69) is 22.3 Å². The van der Waals surface area contributed by atoms with Gasteiger partial charge < -0.3 is 0 Å². The molecule has 0 aliphatic carbocycles. The number of fused-ring (bicyclic) bond motifs is 1. The van der Waals surface area contributed by atoms with Gasteiger partial charge in [-0.2, -0.15) is 0 Å². The number of hydrogen-bond acceptors (Lipinski definition) is 3. The number of H-pyrrole nitrogens is 1. The number of nitrogens with one attached hydrogen (secondary N) is 1. The number of hydrogen-bond donors (Lipinski definition) is 1. The number of benzene rings is 1. The first-order valence-electron chi connectivity index (χ1n) is 6.15. The zero-order valence-corrected chi connectivity index (χ0v) is 10.1. The van der Waals surface area contributed by atoms with Crippen molar-refractivity contribution in [2.75, 3.05) is 0 Å².